The molecule has 0 bridgehead atoms. The van der Waals surface area contributed by atoms with E-state index in [4.69, 9.17) is 9.84 Å². The molecule has 1 aliphatic heterocycles. The quantitative estimate of drug-likeness (QED) is 0.410. The van der Waals surface area contributed by atoms with Gasteiger partial charge in [0, 0.05) is 6.54 Å². The summed E-state index contributed by atoms with van der Waals surface area (Å²) in [5, 5.41) is 11.6. The third-order valence-electron chi connectivity index (χ3n) is 0.894. The maximum absolute atomic E-state index is 8.72. The molecule has 1 unspecified atom stereocenters. The predicted octanol–water partition coefficient (Wildman–Crippen LogP) is -1.08. The summed E-state index contributed by atoms with van der Waals surface area (Å²) in [5.41, 5.74) is 0. The molecule has 0 radical (unpaired) electrons. The summed E-state index contributed by atoms with van der Waals surface area (Å²) in [4.78, 5) is 0. The van der Waals surface area contributed by atoms with Gasteiger partial charge in [-0.05, 0) is 0 Å². The third-order valence-corrected chi connectivity index (χ3v) is 0.894. The lowest BCUT2D eigenvalue weighted by atomic mass is 10.4. The van der Waals surface area contributed by atoms with E-state index in [2.05, 4.69) is 5.32 Å². The maximum Gasteiger partial charge on any atom is 0.0967 e. The van der Waals surface area contributed by atoms with Gasteiger partial charge in [0.05, 0.1) is 19.4 Å². The first-order valence-electron chi connectivity index (χ1n) is 2.36. The minimum Gasteiger partial charge on any atom is -0.389 e. The van der Waals surface area contributed by atoms with Gasteiger partial charge in [0.25, 0.3) is 0 Å². The van der Waals surface area contributed by atoms with Crippen LogP contribution in [-0.2, 0) is 4.74 Å². The number of β-amino-alcohol motifs (C(OH)–C–C–N with tert-alkyl or cyclic N) is 1. The summed E-state index contributed by atoms with van der Waals surface area (Å²) in [5.74, 6) is 0. The Morgan fingerprint density at radius 3 is 2.86 bits per heavy atom. The standard InChI is InChI=1S/C4H9NO2/c6-4-1-5-3-7-2-4/h4-6H,1-3H2. The summed E-state index contributed by atoms with van der Waals surface area (Å²) in [7, 11) is 0. The van der Waals surface area contributed by atoms with Crippen LogP contribution >= 0.6 is 0 Å². The van der Waals surface area contributed by atoms with Crippen LogP contribution in [-0.4, -0.2) is 31.1 Å². The smallest absolute Gasteiger partial charge is 0.0967 e. The molecule has 3 heteroatoms. The second-order valence-electron chi connectivity index (χ2n) is 1.62. The predicted molar refractivity (Wildman–Crippen MR) is 24.8 cm³/mol. The van der Waals surface area contributed by atoms with E-state index >= 15 is 0 Å². The fourth-order valence-electron chi connectivity index (χ4n) is 0.552. The van der Waals surface area contributed by atoms with Gasteiger partial charge in [-0.2, -0.15) is 0 Å². The van der Waals surface area contributed by atoms with Crippen molar-refractivity contribution in [1.29, 1.82) is 0 Å². The van der Waals surface area contributed by atoms with Crippen LogP contribution in [0.25, 0.3) is 0 Å². The Labute approximate surface area is 42.3 Å². The number of ether oxygens (including phenoxy) is 1. The lowest BCUT2D eigenvalue weighted by Crippen LogP contribution is -2.38. The van der Waals surface area contributed by atoms with Gasteiger partial charge in [0.2, 0.25) is 0 Å². The Kier molecular flexibility index (Phi) is 1.62. The van der Waals surface area contributed by atoms with Crippen molar-refractivity contribution >= 4 is 0 Å². The summed E-state index contributed by atoms with van der Waals surface area (Å²) >= 11 is 0. The fourth-order valence-corrected chi connectivity index (χ4v) is 0.552. The van der Waals surface area contributed by atoms with Crippen molar-refractivity contribution in [2.45, 2.75) is 6.10 Å². The number of aliphatic hydroxyl groups excluding tert-OH is 1. The molecule has 0 spiro atoms. The van der Waals surface area contributed by atoms with Gasteiger partial charge in [-0.1, -0.05) is 0 Å². The summed E-state index contributed by atoms with van der Waals surface area (Å²) in [6.45, 7) is 1.73. The maximum atomic E-state index is 8.72. The van der Waals surface area contributed by atoms with E-state index in [1.54, 1.807) is 0 Å². The van der Waals surface area contributed by atoms with E-state index in [1.807, 2.05) is 0 Å². The lowest BCUT2D eigenvalue weighted by Gasteiger charge is -2.17. The Bertz CT molecular complexity index is 51.7. The Morgan fingerprint density at radius 2 is 2.57 bits per heavy atom. The van der Waals surface area contributed by atoms with Gasteiger partial charge in [0.1, 0.15) is 0 Å². The minimum absolute atomic E-state index is 0.297. The molecule has 7 heavy (non-hydrogen) atoms. The molecule has 0 saturated carbocycles. The van der Waals surface area contributed by atoms with Crippen molar-refractivity contribution in [3.05, 3.63) is 0 Å². The van der Waals surface area contributed by atoms with Gasteiger partial charge in [-0.3, -0.25) is 5.32 Å². The van der Waals surface area contributed by atoms with Crippen LogP contribution in [0.5, 0.6) is 0 Å². The van der Waals surface area contributed by atoms with Gasteiger partial charge < -0.3 is 9.84 Å². The zero-order chi connectivity index (χ0) is 5.11. The first-order chi connectivity index (χ1) is 3.39. The molecule has 0 aromatic heterocycles. The highest BCUT2D eigenvalue weighted by Gasteiger charge is 2.06. The van der Waals surface area contributed by atoms with E-state index in [0.717, 1.165) is 0 Å². The van der Waals surface area contributed by atoms with Crippen LogP contribution in [0.2, 0.25) is 0 Å². The van der Waals surface area contributed by atoms with Crippen LogP contribution in [0.3, 0.4) is 0 Å². The molecule has 0 aliphatic carbocycles. The molecular weight excluding hydrogens is 94.0 g/mol. The SMILES string of the molecule is OC1CNCOC1. The Morgan fingerprint density at radius 1 is 1.71 bits per heavy atom. The molecule has 1 atom stereocenters. The fraction of sp³-hybridized carbons (Fsp3) is 1.00. The average molecular weight is 103 g/mol. The van der Waals surface area contributed by atoms with Crippen LogP contribution in [0.15, 0.2) is 0 Å². The number of rotatable bonds is 0. The van der Waals surface area contributed by atoms with Crippen LogP contribution < -0.4 is 5.32 Å². The topological polar surface area (TPSA) is 41.5 Å². The van der Waals surface area contributed by atoms with E-state index < -0.39 is 0 Å². The second-order valence-corrected chi connectivity index (χ2v) is 1.62. The molecule has 1 heterocycles. The zero-order valence-corrected chi connectivity index (χ0v) is 4.05. The van der Waals surface area contributed by atoms with Crippen molar-refractivity contribution in [2.24, 2.45) is 0 Å². The molecule has 0 aromatic carbocycles. The van der Waals surface area contributed by atoms with Gasteiger partial charge in [-0.15, -0.1) is 0 Å². The monoisotopic (exact) mass is 103 g/mol. The van der Waals surface area contributed by atoms with Crippen molar-refractivity contribution in [3.8, 4) is 0 Å². The summed E-state index contributed by atoms with van der Waals surface area (Å²) in [6, 6.07) is 0. The Balaban J connectivity index is 2.12. The van der Waals surface area contributed by atoms with Crippen molar-refractivity contribution in [3.63, 3.8) is 0 Å². The van der Waals surface area contributed by atoms with Crippen molar-refractivity contribution < 1.29 is 9.84 Å². The molecule has 2 N–H and O–H groups in total. The summed E-state index contributed by atoms with van der Waals surface area (Å²) in [6.07, 6.45) is -0.297. The summed E-state index contributed by atoms with van der Waals surface area (Å²) < 4.78 is 4.82. The van der Waals surface area contributed by atoms with Crippen molar-refractivity contribution in [2.75, 3.05) is 19.9 Å². The molecule has 0 amide bonds. The molecule has 0 aromatic rings. The van der Waals surface area contributed by atoms with Crippen LogP contribution in [0, 0.1) is 0 Å². The van der Waals surface area contributed by atoms with Crippen LogP contribution in [0.1, 0.15) is 0 Å². The van der Waals surface area contributed by atoms with Gasteiger partial charge >= 0.3 is 0 Å². The largest absolute Gasteiger partial charge is 0.389 e. The number of hydrogen-bond acceptors (Lipinski definition) is 3. The zero-order valence-electron chi connectivity index (χ0n) is 4.05. The number of hydrogen-bond donors (Lipinski definition) is 2. The highest BCUT2D eigenvalue weighted by molar-refractivity contribution is 4.59. The van der Waals surface area contributed by atoms with E-state index in [1.165, 1.54) is 0 Å². The van der Waals surface area contributed by atoms with E-state index in [0.29, 0.717) is 19.9 Å². The molecule has 42 valence electrons. The average Bonchev–Trinajstić information content (AvgIpc) is 1.69. The second kappa shape index (κ2) is 2.26. The lowest BCUT2D eigenvalue weighted by molar-refractivity contribution is -0.00883. The normalized spacial score (nSPS) is 33.0. The van der Waals surface area contributed by atoms with E-state index in [-0.39, 0.29) is 6.10 Å². The van der Waals surface area contributed by atoms with E-state index in [9.17, 15) is 0 Å². The minimum atomic E-state index is -0.297. The first kappa shape index (κ1) is 5.03. The Hall–Kier alpha value is -0.120. The molecule has 3 nitrogen and oxygen atoms in total. The highest BCUT2D eigenvalue weighted by Crippen LogP contribution is 1.87. The van der Waals surface area contributed by atoms with Crippen molar-refractivity contribution in [1.82, 2.24) is 5.32 Å². The van der Waals surface area contributed by atoms with Gasteiger partial charge in [-0.25, -0.2) is 0 Å². The molecular formula is C4H9NO2. The number of nitrogens with one attached hydrogen (secondary N) is 1. The third kappa shape index (κ3) is 1.43. The molecule has 1 rings (SSSR count). The highest BCUT2D eigenvalue weighted by atomic mass is 16.5. The number of aliphatic hydroxyl groups is 1. The molecule has 1 aliphatic rings. The molecule has 1 fully saturated rings. The van der Waals surface area contributed by atoms with Gasteiger partial charge in [0.15, 0.2) is 0 Å². The van der Waals surface area contributed by atoms with Crippen LogP contribution in [0.4, 0.5) is 0 Å². The first-order valence-corrected chi connectivity index (χ1v) is 2.36. The molecule has 1 saturated heterocycles.